The summed E-state index contributed by atoms with van der Waals surface area (Å²) in [5.41, 5.74) is 8.23. The van der Waals surface area contributed by atoms with Crippen molar-refractivity contribution in [3.63, 3.8) is 0 Å². The van der Waals surface area contributed by atoms with Crippen LogP contribution in [0.5, 0.6) is 0 Å². The lowest BCUT2D eigenvalue weighted by atomic mass is 10.2. The van der Waals surface area contributed by atoms with Crippen LogP contribution < -0.4 is 16.0 Å². The summed E-state index contributed by atoms with van der Waals surface area (Å²) in [5.74, 6) is 0.374. The lowest BCUT2D eigenvalue weighted by molar-refractivity contribution is 0.0953. The maximum atomic E-state index is 12.0. The molecule has 0 aliphatic carbocycles. The number of aromatic nitrogens is 2. The zero-order valence-electron chi connectivity index (χ0n) is 12.4. The monoisotopic (exact) mass is 287 g/mol. The molecule has 1 aromatic heterocycles. The number of carbonyl (C=O) groups is 1. The molecule has 0 fully saturated rings. The van der Waals surface area contributed by atoms with Crippen molar-refractivity contribution in [2.75, 3.05) is 31.3 Å². The van der Waals surface area contributed by atoms with Crippen LogP contribution in [0, 0.1) is 0 Å². The first-order valence-electron chi connectivity index (χ1n) is 6.91. The van der Waals surface area contributed by atoms with E-state index in [1.165, 1.54) is 0 Å². The molecule has 0 saturated heterocycles. The van der Waals surface area contributed by atoms with Gasteiger partial charge in [-0.3, -0.25) is 4.79 Å². The van der Waals surface area contributed by atoms with Crippen LogP contribution in [0.15, 0.2) is 30.5 Å². The lowest BCUT2D eigenvalue weighted by Crippen LogP contribution is -2.24. The molecule has 0 spiro atoms. The van der Waals surface area contributed by atoms with Gasteiger partial charge in [-0.15, -0.1) is 0 Å². The molecule has 0 aliphatic heterocycles. The Hall–Kier alpha value is -2.50. The summed E-state index contributed by atoms with van der Waals surface area (Å²) in [6, 6.07) is 7.53. The Morgan fingerprint density at radius 1 is 1.33 bits per heavy atom. The highest BCUT2D eigenvalue weighted by Crippen LogP contribution is 2.12. The lowest BCUT2D eigenvalue weighted by Gasteiger charge is -2.12. The summed E-state index contributed by atoms with van der Waals surface area (Å²) in [4.78, 5) is 20.9. The van der Waals surface area contributed by atoms with Gasteiger partial charge in [-0.2, -0.15) is 0 Å². The molecule has 1 heterocycles. The Labute approximate surface area is 124 Å². The molecule has 0 atom stereocenters. The third-order valence-electron chi connectivity index (χ3n) is 3.20. The predicted molar refractivity (Wildman–Crippen MR) is 84.4 cm³/mol. The number of aromatic amines is 1. The maximum absolute atomic E-state index is 12.0. The van der Waals surface area contributed by atoms with Gasteiger partial charge in [-0.25, -0.2) is 4.98 Å². The van der Waals surface area contributed by atoms with Gasteiger partial charge in [0.1, 0.15) is 0 Å². The summed E-state index contributed by atoms with van der Waals surface area (Å²) in [7, 11) is 3.94. The summed E-state index contributed by atoms with van der Waals surface area (Å²) in [6.45, 7) is 0.618. The number of aryl methyl sites for hydroxylation is 1. The molecule has 0 unspecified atom stereocenters. The minimum atomic E-state index is -0.0515. The van der Waals surface area contributed by atoms with E-state index >= 15 is 0 Å². The molecule has 1 aromatic carbocycles. The van der Waals surface area contributed by atoms with Crippen molar-refractivity contribution < 1.29 is 4.79 Å². The second-order valence-electron chi connectivity index (χ2n) is 5.09. The van der Waals surface area contributed by atoms with Crippen LogP contribution in [0.1, 0.15) is 22.5 Å². The molecular weight excluding hydrogens is 266 g/mol. The number of nitrogens with two attached hydrogens (primary N) is 1. The molecule has 0 aliphatic rings. The number of rotatable bonds is 6. The first-order valence-corrected chi connectivity index (χ1v) is 6.91. The number of benzene rings is 1. The summed E-state index contributed by atoms with van der Waals surface area (Å²) < 4.78 is 0. The fraction of sp³-hybridized carbons (Fsp3) is 0.333. The predicted octanol–water partition coefficient (Wildman–Crippen LogP) is 1.42. The molecule has 112 valence electrons. The Morgan fingerprint density at radius 3 is 2.62 bits per heavy atom. The number of hydrogen-bond donors (Lipinski definition) is 3. The van der Waals surface area contributed by atoms with Gasteiger partial charge in [0.05, 0.1) is 6.20 Å². The van der Waals surface area contributed by atoms with Gasteiger partial charge < -0.3 is 20.9 Å². The Morgan fingerprint density at radius 2 is 2.05 bits per heavy atom. The van der Waals surface area contributed by atoms with Gasteiger partial charge in [0.2, 0.25) is 0 Å². The molecular formula is C15H21N5O. The first-order chi connectivity index (χ1) is 10.1. The molecule has 4 N–H and O–H groups in total. The van der Waals surface area contributed by atoms with E-state index in [0.29, 0.717) is 18.1 Å². The fourth-order valence-electron chi connectivity index (χ4n) is 2.00. The van der Waals surface area contributed by atoms with Crippen molar-refractivity contribution in [3.8, 4) is 0 Å². The van der Waals surface area contributed by atoms with Crippen molar-refractivity contribution in [2.45, 2.75) is 12.8 Å². The highest BCUT2D eigenvalue weighted by atomic mass is 16.1. The Balaban J connectivity index is 1.76. The zero-order valence-corrected chi connectivity index (χ0v) is 12.4. The average molecular weight is 287 g/mol. The van der Waals surface area contributed by atoms with Crippen LogP contribution >= 0.6 is 0 Å². The number of H-pyrrole nitrogens is 1. The van der Waals surface area contributed by atoms with Crippen LogP contribution in [-0.2, 0) is 6.42 Å². The third-order valence-corrected chi connectivity index (χ3v) is 3.20. The smallest absolute Gasteiger partial charge is 0.251 e. The Bertz CT molecular complexity index is 588. The summed E-state index contributed by atoms with van der Waals surface area (Å²) >= 11 is 0. The van der Waals surface area contributed by atoms with E-state index in [9.17, 15) is 4.79 Å². The van der Waals surface area contributed by atoms with Crippen LogP contribution in [0.3, 0.4) is 0 Å². The summed E-state index contributed by atoms with van der Waals surface area (Å²) in [5, 5.41) is 2.91. The highest BCUT2D eigenvalue weighted by molar-refractivity contribution is 5.94. The van der Waals surface area contributed by atoms with Crippen molar-refractivity contribution >= 4 is 17.5 Å². The maximum Gasteiger partial charge on any atom is 0.251 e. The number of amides is 1. The molecule has 1 amide bonds. The number of nitrogens with one attached hydrogen (secondary N) is 2. The average Bonchev–Trinajstić information content (AvgIpc) is 2.89. The topological polar surface area (TPSA) is 87.0 Å². The van der Waals surface area contributed by atoms with Gasteiger partial charge in [-0.05, 0) is 37.1 Å². The van der Waals surface area contributed by atoms with Crippen molar-refractivity contribution in [3.05, 3.63) is 41.7 Å². The van der Waals surface area contributed by atoms with E-state index in [1.54, 1.807) is 6.20 Å². The zero-order chi connectivity index (χ0) is 15.2. The molecule has 21 heavy (non-hydrogen) atoms. The highest BCUT2D eigenvalue weighted by Gasteiger charge is 2.05. The first kappa shape index (κ1) is 14.9. The SMILES string of the molecule is CN(C)c1ccc(C(=O)NCCCc2cnc(N)[nH]2)cc1. The fourth-order valence-corrected chi connectivity index (χ4v) is 2.00. The molecule has 2 rings (SSSR count). The van der Waals surface area contributed by atoms with Gasteiger partial charge in [-0.1, -0.05) is 0 Å². The van der Waals surface area contributed by atoms with E-state index in [0.717, 1.165) is 24.2 Å². The second kappa shape index (κ2) is 6.78. The molecule has 6 nitrogen and oxygen atoms in total. The van der Waals surface area contributed by atoms with Gasteiger partial charge in [0.25, 0.3) is 5.91 Å². The summed E-state index contributed by atoms with van der Waals surface area (Å²) in [6.07, 6.45) is 3.37. The quantitative estimate of drug-likeness (QED) is 0.701. The number of nitrogens with zero attached hydrogens (tertiary/aromatic N) is 2. The standard InChI is InChI=1S/C15H21N5O/c1-20(2)13-7-5-11(6-8-13)14(21)17-9-3-4-12-10-18-15(16)19-12/h5-8,10H,3-4,9H2,1-2H3,(H,17,21)(H3,16,18,19). The molecule has 6 heteroatoms. The van der Waals surface area contributed by atoms with Gasteiger partial charge >= 0.3 is 0 Å². The van der Waals surface area contributed by atoms with E-state index in [4.69, 9.17) is 5.73 Å². The van der Waals surface area contributed by atoms with Crippen LogP contribution in [0.4, 0.5) is 11.6 Å². The number of anilines is 2. The van der Waals surface area contributed by atoms with Crippen molar-refractivity contribution in [2.24, 2.45) is 0 Å². The largest absolute Gasteiger partial charge is 0.378 e. The van der Waals surface area contributed by atoms with Gasteiger partial charge in [0.15, 0.2) is 5.95 Å². The van der Waals surface area contributed by atoms with E-state index in [-0.39, 0.29) is 5.91 Å². The van der Waals surface area contributed by atoms with Crippen molar-refractivity contribution in [1.82, 2.24) is 15.3 Å². The minimum Gasteiger partial charge on any atom is -0.378 e. The number of imidazole rings is 1. The second-order valence-corrected chi connectivity index (χ2v) is 5.09. The number of carbonyl (C=O) groups excluding carboxylic acids is 1. The Kier molecular flexibility index (Phi) is 4.81. The van der Waals surface area contributed by atoms with Crippen LogP contribution in [-0.4, -0.2) is 36.5 Å². The minimum absolute atomic E-state index is 0.0515. The third kappa shape index (κ3) is 4.24. The normalized spacial score (nSPS) is 10.4. The van der Waals surface area contributed by atoms with E-state index in [1.807, 2.05) is 43.3 Å². The number of nitrogen functional groups attached to an aromatic ring is 1. The van der Waals surface area contributed by atoms with Crippen molar-refractivity contribution in [1.29, 1.82) is 0 Å². The van der Waals surface area contributed by atoms with E-state index in [2.05, 4.69) is 15.3 Å². The molecule has 2 aromatic rings. The molecule has 0 saturated carbocycles. The van der Waals surface area contributed by atoms with Crippen LogP contribution in [0.2, 0.25) is 0 Å². The number of hydrogen-bond acceptors (Lipinski definition) is 4. The molecule has 0 radical (unpaired) electrons. The molecule has 0 bridgehead atoms. The van der Waals surface area contributed by atoms with E-state index < -0.39 is 0 Å². The van der Waals surface area contributed by atoms with Gasteiger partial charge in [0, 0.05) is 37.6 Å². The van der Waals surface area contributed by atoms with Crippen LogP contribution in [0.25, 0.3) is 0 Å².